The van der Waals surface area contributed by atoms with Crippen LogP contribution in [0.3, 0.4) is 0 Å². The molecule has 4 rings (SSSR count). The number of morpholine rings is 1. The Labute approximate surface area is 201 Å². The van der Waals surface area contributed by atoms with Gasteiger partial charge in [-0.1, -0.05) is 29.8 Å². The molecular weight excluding hydrogens is 434 g/mol. The summed E-state index contributed by atoms with van der Waals surface area (Å²) >= 11 is 0. The Kier molecular flexibility index (Phi) is 8.31. The summed E-state index contributed by atoms with van der Waals surface area (Å²) in [6.07, 6.45) is 1.46. The van der Waals surface area contributed by atoms with E-state index < -0.39 is 0 Å². The lowest BCUT2D eigenvalue weighted by Gasteiger charge is -2.33. The second-order valence-electron chi connectivity index (χ2n) is 9.08. The molecular formula is C25H35N5O4. The van der Waals surface area contributed by atoms with Crippen LogP contribution in [-0.4, -0.2) is 102 Å². The van der Waals surface area contributed by atoms with Gasteiger partial charge in [0.15, 0.2) is 5.69 Å². The van der Waals surface area contributed by atoms with Gasteiger partial charge in [-0.3, -0.25) is 19.4 Å². The number of benzene rings is 1. The summed E-state index contributed by atoms with van der Waals surface area (Å²) < 4.78 is 11.2. The van der Waals surface area contributed by atoms with E-state index >= 15 is 0 Å². The highest BCUT2D eigenvalue weighted by Gasteiger charge is 2.25. The second-order valence-corrected chi connectivity index (χ2v) is 9.08. The van der Waals surface area contributed by atoms with Crippen LogP contribution in [-0.2, 0) is 22.6 Å². The van der Waals surface area contributed by atoms with Crippen LogP contribution >= 0.6 is 0 Å². The third-order valence-electron chi connectivity index (χ3n) is 6.47. The van der Waals surface area contributed by atoms with E-state index in [0.29, 0.717) is 44.3 Å². The average Bonchev–Trinajstić information content (AvgIpc) is 3.31. The molecule has 0 unspecified atom stereocenters. The average molecular weight is 470 g/mol. The van der Waals surface area contributed by atoms with Gasteiger partial charge in [0.2, 0.25) is 11.8 Å². The minimum atomic E-state index is -0.142. The van der Waals surface area contributed by atoms with E-state index in [2.05, 4.69) is 46.0 Å². The Bertz CT molecular complexity index is 964. The quantitative estimate of drug-likeness (QED) is 0.581. The number of amides is 2. The summed E-state index contributed by atoms with van der Waals surface area (Å²) in [6.45, 7) is 12.4. The third-order valence-corrected chi connectivity index (χ3v) is 6.47. The van der Waals surface area contributed by atoms with Gasteiger partial charge in [0.1, 0.15) is 6.26 Å². The van der Waals surface area contributed by atoms with Crippen molar-refractivity contribution in [3.05, 3.63) is 53.2 Å². The zero-order valence-electron chi connectivity index (χ0n) is 20.2. The van der Waals surface area contributed by atoms with Gasteiger partial charge in [-0.25, -0.2) is 4.98 Å². The van der Waals surface area contributed by atoms with Crippen molar-refractivity contribution >= 4 is 11.8 Å². The first-order valence-electron chi connectivity index (χ1n) is 12.0. The summed E-state index contributed by atoms with van der Waals surface area (Å²) in [7, 11) is 0. The molecule has 0 atom stereocenters. The van der Waals surface area contributed by atoms with Crippen LogP contribution in [0.2, 0.25) is 0 Å². The van der Waals surface area contributed by atoms with Gasteiger partial charge in [0, 0.05) is 65.8 Å². The van der Waals surface area contributed by atoms with Crippen LogP contribution < -0.4 is 0 Å². The van der Waals surface area contributed by atoms with Crippen LogP contribution in [0.1, 0.15) is 34.4 Å². The van der Waals surface area contributed by atoms with Gasteiger partial charge in [0.25, 0.3) is 5.91 Å². The standard InChI is InChI=1S/C25H35N5O4/c1-20-4-3-5-22(16-20)17-28(7-6-27-12-14-33-15-13-27)18-24-26-23(19-34-24)25(32)30-10-8-29(9-11-30)21(2)31/h3-5,16,19H,6-15,17-18H2,1-2H3. The maximum absolute atomic E-state index is 12.9. The molecule has 0 spiro atoms. The Morgan fingerprint density at radius 3 is 2.47 bits per heavy atom. The largest absolute Gasteiger partial charge is 0.447 e. The second kappa shape index (κ2) is 11.6. The van der Waals surface area contributed by atoms with Crippen molar-refractivity contribution in [2.75, 3.05) is 65.6 Å². The maximum atomic E-state index is 12.9. The lowest BCUT2D eigenvalue weighted by atomic mass is 10.1. The minimum Gasteiger partial charge on any atom is -0.447 e. The van der Waals surface area contributed by atoms with Crippen molar-refractivity contribution in [1.82, 2.24) is 24.6 Å². The molecule has 1 aromatic heterocycles. The van der Waals surface area contributed by atoms with Gasteiger partial charge >= 0.3 is 0 Å². The third kappa shape index (κ3) is 6.65. The van der Waals surface area contributed by atoms with Crippen molar-refractivity contribution in [3.8, 4) is 0 Å². The van der Waals surface area contributed by atoms with E-state index in [1.165, 1.54) is 17.4 Å². The first kappa shape index (κ1) is 24.4. The van der Waals surface area contributed by atoms with E-state index in [9.17, 15) is 9.59 Å². The number of aryl methyl sites for hydroxylation is 1. The molecule has 9 heteroatoms. The Balaban J connectivity index is 1.38. The molecule has 184 valence electrons. The van der Waals surface area contributed by atoms with E-state index in [1.54, 1.807) is 16.7 Å². The lowest BCUT2D eigenvalue weighted by molar-refractivity contribution is -0.130. The van der Waals surface area contributed by atoms with Gasteiger partial charge < -0.3 is 19.0 Å². The molecule has 0 aliphatic carbocycles. The molecule has 2 aliphatic heterocycles. The predicted octanol–water partition coefficient (Wildman–Crippen LogP) is 1.62. The number of carbonyl (C=O) groups excluding carboxylic acids is 2. The fraction of sp³-hybridized carbons (Fsp3) is 0.560. The van der Waals surface area contributed by atoms with Gasteiger partial charge in [-0.2, -0.15) is 0 Å². The van der Waals surface area contributed by atoms with E-state index in [1.807, 2.05) is 0 Å². The normalized spacial score (nSPS) is 17.4. The van der Waals surface area contributed by atoms with Crippen LogP contribution in [0.5, 0.6) is 0 Å². The molecule has 2 saturated heterocycles. The molecule has 0 bridgehead atoms. The Morgan fingerprint density at radius 1 is 1.03 bits per heavy atom. The molecule has 34 heavy (non-hydrogen) atoms. The Morgan fingerprint density at radius 2 is 1.76 bits per heavy atom. The molecule has 2 aliphatic rings. The molecule has 3 heterocycles. The fourth-order valence-electron chi connectivity index (χ4n) is 4.45. The number of oxazole rings is 1. The number of ether oxygens (including phenoxy) is 1. The van der Waals surface area contributed by atoms with Crippen molar-refractivity contribution in [2.45, 2.75) is 26.9 Å². The van der Waals surface area contributed by atoms with Crippen LogP contribution in [0.4, 0.5) is 0 Å². The van der Waals surface area contributed by atoms with E-state index in [0.717, 1.165) is 45.9 Å². The minimum absolute atomic E-state index is 0.0431. The number of aromatic nitrogens is 1. The summed E-state index contributed by atoms with van der Waals surface area (Å²) in [6, 6.07) is 8.52. The van der Waals surface area contributed by atoms with Crippen LogP contribution in [0, 0.1) is 6.92 Å². The van der Waals surface area contributed by atoms with E-state index in [4.69, 9.17) is 9.15 Å². The molecule has 2 fully saturated rings. The highest BCUT2D eigenvalue weighted by molar-refractivity contribution is 5.92. The number of carbonyl (C=O) groups is 2. The molecule has 0 radical (unpaired) electrons. The number of rotatable bonds is 8. The fourth-order valence-corrected chi connectivity index (χ4v) is 4.45. The number of hydrogen-bond acceptors (Lipinski definition) is 7. The summed E-state index contributed by atoms with van der Waals surface area (Å²) in [5, 5.41) is 0. The molecule has 1 aromatic carbocycles. The Hall–Kier alpha value is -2.75. The molecule has 0 saturated carbocycles. The number of hydrogen-bond donors (Lipinski definition) is 0. The van der Waals surface area contributed by atoms with E-state index in [-0.39, 0.29) is 11.8 Å². The predicted molar refractivity (Wildman–Crippen MR) is 127 cm³/mol. The summed E-state index contributed by atoms with van der Waals surface area (Å²) in [5.41, 5.74) is 2.81. The van der Waals surface area contributed by atoms with Gasteiger partial charge in [-0.05, 0) is 12.5 Å². The summed E-state index contributed by atoms with van der Waals surface area (Å²) in [5.74, 6) is 0.443. The molecule has 2 aromatic rings. The molecule has 0 N–H and O–H groups in total. The van der Waals surface area contributed by atoms with Crippen molar-refractivity contribution in [2.24, 2.45) is 0 Å². The van der Waals surface area contributed by atoms with Gasteiger partial charge in [-0.15, -0.1) is 0 Å². The van der Waals surface area contributed by atoms with Gasteiger partial charge in [0.05, 0.1) is 19.8 Å². The molecule has 9 nitrogen and oxygen atoms in total. The maximum Gasteiger partial charge on any atom is 0.275 e. The zero-order chi connectivity index (χ0) is 23.9. The highest BCUT2D eigenvalue weighted by Crippen LogP contribution is 2.14. The number of nitrogens with zero attached hydrogens (tertiary/aromatic N) is 5. The van der Waals surface area contributed by atoms with Crippen molar-refractivity contribution in [1.29, 1.82) is 0 Å². The topological polar surface area (TPSA) is 82.4 Å². The highest BCUT2D eigenvalue weighted by atomic mass is 16.5. The lowest BCUT2D eigenvalue weighted by Crippen LogP contribution is -2.50. The monoisotopic (exact) mass is 469 g/mol. The van der Waals surface area contributed by atoms with Crippen LogP contribution in [0.25, 0.3) is 0 Å². The molecule has 2 amide bonds. The van der Waals surface area contributed by atoms with Crippen LogP contribution in [0.15, 0.2) is 34.9 Å². The zero-order valence-corrected chi connectivity index (χ0v) is 20.2. The van der Waals surface area contributed by atoms with Crippen molar-refractivity contribution < 1.29 is 18.7 Å². The number of piperazine rings is 1. The first-order chi connectivity index (χ1) is 16.5. The van der Waals surface area contributed by atoms with Crippen molar-refractivity contribution in [3.63, 3.8) is 0 Å². The summed E-state index contributed by atoms with van der Waals surface area (Å²) in [4.78, 5) is 37.2. The SMILES string of the molecule is CC(=O)N1CCN(C(=O)c2coc(CN(CCN3CCOCC3)Cc3cccc(C)c3)n2)CC1. The smallest absolute Gasteiger partial charge is 0.275 e. The first-order valence-corrected chi connectivity index (χ1v) is 12.0.